The Balaban J connectivity index is 2.55. The van der Waals surface area contributed by atoms with E-state index < -0.39 is 5.97 Å². The summed E-state index contributed by atoms with van der Waals surface area (Å²) in [6.45, 7) is 3.91. The van der Waals surface area contributed by atoms with Gasteiger partial charge in [-0.1, -0.05) is 19.9 Å². The zero-order valence-electron chi connectivity index (χ0n) is 10.9. The van der Waals surface area contributed by atoms with E-state index in [1.165, 1.54) is 6.20 Å². The monoisotopic (exact) mass is 257 g/mol. The fourth-order valence-electron chi connectivity index (χ4n) is 1.90. The molecule has 5 heteroatoms. The van der Waals surface area contributed by atoms with Gasteiger partial charge in [0.2, 0.25) is 0 Å². The van der Waals surface area contributed by atoms with Crippen molar-refractivity contribution in [2.45, 2.75) is 26.7 Å². The smallest absolute Gasteiger partial charge is 0.339 e. The van der Waals surface area contributed by atoms with E-state index in [4.69, 9.17) is 5.11 Å². The highest BCUT2D eigenvalue weighted by Crippen LogP contribution is 2.19. The van der Waals surface area contributed by atoms with Crippen molar-refractivity contribution in [3.8, 4) is 11.5 Å². The molecular formula is C14H15N3O2. The Labute approximate surface area is 111 Å². The molecule has 0 aliphatic heterocycles. The summed E-state index contributed by atoms with van der Waals surface area (Å²) >= 11 is 0. The van der Waals surface area contributed by atoms with Gasteiger partial charge in [-0.25, -0.2) is 14.8 Å². The first-order valence-corrected chi connectivity index (χ1v) is 6.20. The molecule has 2 heterocycles. The van der Waals surface area contributed by atoms with Crippen molar-refractivity contribution in [1.82, 2.24) is 15.0 Å². The van der Waals surface area contributed by atoms with Gasteiger partial charge in [-0.05, 0) is 24.5 Å². The zero-order chi connectivity index (χ0) is 13.8. The van der Waals surface area contributed by atoms with E-state index in [0.717, 1.165) is 17.7 Å². The number of aromatic carboxylic acids is 1. The highest BCUT2D eigenvalue weighted by Gasteiger charge is 2.14. The second kappa shape index (κ2) is 5.56. The number of carbonyl (C=O) groups is 1. The Kier molecular flexibility index (Phi) is 3.85. The standard InChI is InChI=1S/C14H15N3O2/c1-3-9-6-5-7-15-12(9)13-16-8-10(14(18)19)11(4-2)17-13/h5-8H,3-4H2,1-2H3,(H,18,19). The largest absolute Gasteiger partial charge is 0.478 e. The lowest BCUT2D eigenvalue weighted by Gasteiger charge is -2.08. The third kappa shape index (κ3) is 2.59. The van der Waals surface area contributed by atoms with Crippen LogP contribution < -0.4 is 0 Å². The molecule has 0 bridgehead atoms. The van der Waals surface area contributed by atoms with Gasteiger partial charge < -0.3 is 5.11 Å². The summed E-state index contributed by atoms with van der Waals surface area (Å²) in [6.07, 6.45) is 4.42. The number of carboxylic acids is 1. The van der Waals surface area contributed by atoms with E-state index in [1.807, 2.05) is 26.0 Å². The topological polar surface area (TPSA) is 76.0 Å². The quantitative estimate of drug-likeness (QED) is 0.909. The van der Waals surface area contributed by atoms with Gasteiger partial charge in [0, 0.05) is 12.4 Å². The Morgan fingerprint density at radius 2 is 2.05 bits per heavy atom. The number of rotatable bonds is 4. The van der Waals surface area contributed by atoms with E-state index in [9.17, 15) is 4.79 Å². The SMILES string of the molecule is CCc1cccnc1-c1ncc(C(=O)O)c(CC)n1. The highest BCUT2D eigenvalue weighted by atomic mass is 16.4. The molecular weight excluding hydrogens is 242 g/mol. The zero-order valence-corrected chi connectivity index (χ0v) is 10.9. The van der Waals surface area contributed by atoms with Gasteiger partial charge in [-0.3, -0.25) is 4.98 Å². The number of aryl methyl sites for hydroxylation is 2. The molecule has 0 spiro atoms. The average molecular weight is 257 g/mol. The van der Waals surface area contributed by atoms with Crippen LogP contribution in [0.15, 0.2) is 24.5 Å². The van der Waals surface area contributed by atoms with Gasteiger partial charge in [0.1, 0.15) is 5.69 Å². The van der Waals surface area contributed by atoms with Crippen molar-refractivity contribution in [3.63, 3.8) is 0 Å². The van der Waals surface area contributed by atoms with Crippen LogP contribution in [-0.2, 0) is 12.8 Å². The molecule has 5 nitrogen and oxygen atoms in total. The lowest BCUT2D eigenvalue weighted by atomic mass is 10.1. The van der Waals surface area contributed by atoms with Crippen LogP contribution >= 0.6 is 0 Å². The van der Waals surface area contributed by atoms with Gasteiger partial charge >= 0.3 is 5.97 Å². The Hall–Kier alpha value is -2.30. The molecule has 19 heavy (non-hydrogen) atoms. The number of carboxylic acid groups (broad SMARTS) is 1. The molecule has 0 fully saturated rings. The van der Waals surface area contributed by atoms with E-state index in [-0.39, 0.29) is 5.56 Å². The second-order valence-corrected chi connectivity index (χ2v) is 4.08. The number of aromatic nitrogens is 3. The minimum atomic E-state index is -1.000. The van der Waals surface area contributed by atoms with Crippen molar-refractivity contribution in [2.75, 3.05) is 0 Å². The third-order valence-corrected chi connectivity index (χ3v) is 2.92. The Bertz CT molecular complexity index is 611. The van der Waals surface area contributed by atoms with Gasteiger partial charge in [0.15, 0.2) is 5.82 Å². The summed E-state index contributed by atoms with van der Waals surface area (Å²) in [7, 11) is 0. The maximum Gasteiger partial charge on any atom is 0.339 e. The van der Waals surface area contributed by atoms with E-state index in [2.05, 4.69) is 15.0 Å². The molecule has 98 valence electrons. The van der Waals surface area contributed by atoms with Gasteiger partial charge in [0.05, 0.1) is 11.3 Å². The van der Waals surface area contributed by atoms with Crippen LogP contribution in [0.5, 0.6) is 0 Å². The van der Waals surface area contributed by atoms with Gasteiger partial charge in [-0.2, -0.15) is 0 Å². The van der Waals surface area contributed by atoms with Gasteiger partial charge in [0.25, 0.3) is 0 Å². The first-order chi connectivity index (χ1) is 9.17. The molecule has 2 aromatic rings. The van der Waals surface area contributed by atoms with Crippen LogP contribution in [0.4, 0.5) is 0 Å². The molecule has 1 N–H and O–H groups in total. The summed E-state index contributed by atoms with van der Waals surface area (Å²) in [5, 5.41) is 9.06. The van der Waals surface area contributed by atoms with E-state index >= 15 is 0 Å². The van der Waals surface area contributed by atoms with Gasteiger partial charge in [-0.15, -0.1) is 0 Å². The molecule has 0 radical (unpaired) electrons. The van der Waals surface area contributed by atoms with E-state index in [0.29, 0.717) is 17.9 Å². The third-order valence-electron chi connectivity index (χ3n) is 2.92. The normalized spacial score (nSPS) is 10.4. The minimum Gasteiger partial charge on any atom is -0.478 e. The maximum atomic E-state index is 11.1. The van der Waals surface area contributed by atoms with E-state index in [1.54, 1.807) is 6.20 Å². The number of hydrogen-bond acceptors (Lipinski definition) is 4. The molecule has 0 aliphatic carbocycles. The predicted molar refractivity (Wildman–Crippen MR) is 71.0 cm³/mol. The summed E-state index contributed by atoms with van der Waals surface area (Å²) in [4.78, 5) is 23.8. The highest BCUT2D eigenvalue weighted by molar-refractivity contribution is 5.88. The second-order valence-electron chi connectivity index (χ2n) is 4.08. The van der Waals surface area contributed by atoms with Crippen molar-refractivity contribution in [1.29, 1.82) is 0 Å². The van der Waals surface area contributed by atoms with Crippen molar-refractivity contribution in [2.24, 2.45) is 0 Å². The first-order valence-electron chi connectivity index (χ1n) is 6.20. The lowest BCUT2D eigenvalue weighted by molar-refractivity contribution is 0.0694. The summed E-state index contributed by atoms with van der Waals surface area (Å²) in [6, 6.07) is 3.84. The molecule has 0 saturated carbocycles. The minimum absolute atomic E-state index is 0.153. The van der Waals surface area contributed by atoms with Crippen molar-refractivity contribution >= 4 is 5.97 Å². The molecule has 0 aliphatic rings. The maximum absolute atomic E-state index is 11.1. The van der Waals surface area contributed by atoms with Crippen LogP contribution in [0.25, 0.3) is 11.5 Å². The predicted octanol–water partition coefficient (Wildman–Crippen LogP) is 2.36. The Morgan fingerprint density at radius 1 is 1.26 bits per heavy atom. The molecule has 0 amide bonds. The Morgan fingerprint density at radius 3 is 2.68 bits per heavy atom. The number of nitrogens with zero attached hydrogens (tertiary/aromatic N) is 3. The van der Waals surface area contributed by atoms with Crippen LogP contribution in [0.3, 0.4) is 0 Å². The molecule has 0 aromatic carbocycles. The van der Waals surface area contributed by atoms with Crippen LogP contribution in [0, 0.1) is 0 Å². The fourth-order valence-corrected chi connectivity index (χ4v) is 1.90. The fraction of sp³-hybridized carbons (Fsp3) is 0.286. The molecule has 0 unspecified atom stereocenters. The average Bonchev–Trinajstić information content (AvgIpc) is 2.46. The van der Waals surface area contributed by atoms with Crippen molar-refractivity contribution < 1.29 is 9.90 Å². The van der Waals surface area contributed by atoms with Crippen LogP contribution in [-0.4, -0.2) is 26.0 Å². The summed E-state index contributed by atoms with van der Waals surface area (Å²) in [5.41, 5.74) is 2.45. The first kappa shape index (κ1) is 13.1. The molecule has 2 aromatic heterocycles. The lowest BCUT2D eigenvalue weighted by Crippen LogP contribution is -2.07. The summed E-state index contributed by atoms with van der Waals surface area (Å²) < 4.78 is 0. The molecule has 2 rings (SSSR count). The molecule has 0 saturated heterocycles. The molecule has 0 atom stereocenters. The van der Waals surface area contributed by atoms with Crippen molar-refractivity contribution in [3.05, 3.63) is 41.3 Å². The summed E-state index contributed by atoms with van der Waals surface area (Å²) in [5.74, 6) is -0.514. The number of pyridine rings is 1. The number of hydrogen-bond donors (Lipinski definition) is 1. The van der Waals surface area contributed by atoms with Crippen LogP contribution in [0.1, 0.15) is 35.5 Å². The van der Waals surface area contributed by atoms with Crippen LogP contribution in [0.2, 0.25) is 0 Å².